The molecule has 7 heteroatoms. The highest BCUT2D eigenvalue weighted by molar-refractivity contribution is 5.87. The van der Waals surface area contributed by atoms with Crippen LogP contribution < -0.4 is 4.74 Å². The van der Waals surface area contributed by atoms with E-state index in [2.05, 4.69) is 16.6 Å². The molecule has 0 aliphatic rings. The van der Waals surface area contributed by atoms with E-state index in [1.54, 1.807) is 0 Å². The molecule has 0 radical (unpaired) electrons. The third-order valence-electron chi connectivity index (χ3n) is 2.67. The van der Waals surface area contributed by atoms with Crippen molar-refractivity contribution < 1.29 is 19.2 Å². The topological polar surface area (TPSA) is 91.6 Å². The highest BCUT2D eigenvalue weighted by atomic mass is 16.6. The first-order chi connectivity index (χ1) is 9.60. The molecule has 1 aromatic heterocycles. The fraction of sp³-hybridized carbons (Fsp3) is 0.538. The zero-order valence-corrected chi connectivity index (χ0v) is 11.6. The summed E-state index contributed by atoms with van der Waals surface area (Å²) < 4.78 is 9.84. The second kappa shape index (κ2) is 8.08. The van der Waals surface area contributed by atoms with Crippen molar-refractivity contribution >= 4 is 11.7 Å². The summed E-state index contributed by atoms with van der Waals surface area (Å²) in [7, 11) is 1.22. The lowest BCUT2D eigenvalue weighted by molar-refractivity contribution is -0.386. The standard InChI is InChI=1S/C13H18N2O5/c1-3-4-5-6-9-20-12-11(15(17)18)8-7-10(14-12)13(16)19-2/h7-8H,3-6,9H2,1-2H3. The summed E-state index contributed by atoms with van der Waals surface area (Å²) in [6.07, 6.45) is 3.95. The molecule has 0 atom stereocenters. The van der Waals surface area contributed by atoms with E-state index in [0.717, 1.165) is 25.7 Å². The number of ether oxygens (including phenoxy) is 2. The maximum Gasteiger partial charge on any atom is 0.356 e. The predicted octanol–water partition coefficient (Wildman–Crippen LogP) is 2.74. The third kappa shape index (κ3) is 4.49. The Morgan fingerprint density at radius 2 is 2.10 bits per heavy atom. The van der Waals surface area contributed by atoms with Gasteiger partial charge in [-0.15, -0.1) is 0 Å². The molecule has 0 saturated heterocycles. The van der Waals surface area contributed by atoms with E-state index in [-0.39, 0.29) is 17.3 Å². The van der Waals surface area contributed by atoms with Gasteiger partial charge in [0, 0.05) is 6.07 Å². The molecular formula is C13H18N2O5. The van der Waals surface area contributed by atoms with Gasteiger partial charge in [0.1, 0.15) is 0 Å². The molecule has 110 valence electrons. The van der Waals surface area contributed by atoms with E-state index in [0.29, 0.717) is 6.61 Å². The number of hydrogen-bond acceptors (Lipinski definition) is 6. The van der Waals surface area contributed by atoms with Gasteiger partial charge in [-0.2, -0.15) is 0 Å². The number of carbonyl (C=O) groups is 1. The minimum absolute atomic E-state index is 0.0124. The molecule has 0 unspecified atom stereocenters. The first-order valence-corrected chi connectivity index (χ1v) is 6.46. The normalized spacial score (nSPS) is 10.1. The van der Waals surface area contributed by atoms with Crippen molar-refractivity contribution in [3.8, 4) is 5.88 Å². The summed E-state index contributed by atoms with van der Waals surface area (Å²) in [6.45, 7) is 2.42. The molecule has 0 aromatic carbocycles. The number of unbranched alkanes of at least 4 members (excludes halogenated alkanes) is 3. The van der Waals surface area contributed by atoms with Crippen LogP contribution in [-0.4, -0.2) is 29.6 Å². The second-order valence-corrected chi connectivity index (χ2v) is 4.18. The van der Waals surface area contributed by atoms with Crippen LogP contribution in [0.1, 0.15) is 43.1 Å². The van der Waals surface area contributed by atoms with Crippen LogP contribution in [0.4, 0.5) is 5.69 Å². The van der Waals surface area contributed by atoms with Crippen molar-refractivity contribution in [3.05, 3.63) is 27.9 Å². The quantitative estimate of drug-likeness (QED) is 0.315. The van der Waals surface area contributed by atoms with Gasteiger partial charge in [0.2, 0.25) is 0 Å². The number of nitro groups is 1. The Hall–Kier alpha value is -2.18. The molecule has 0 fully saturated rings. The van der Waals surface area contributed by atoms with E-state index in [9.17, 15) is 14.9 Å². The smallest absolute Gasteiger partial charge is 0.356 e. The lowest BCUT2D eigenvalue weighted by atomic mass is 10.2. The Morgan fingerprint density at radius 1 is 1.35 bits per heavy atom. The van der Waals surface area contributed by atoms with Gasteiger partial charge < -0.3 is 9.47 Å². The predicted molar refractivity (Wildman–Crippen MR) is 71.9 cm³/mol. The molecule has 7 nitrogen and oxygen atoms in total. The van der Waals surface area contributed by atoms with Crippen LogP contribution in [0.5, 0.6) is 5.88 Å². The molecule has 0 saturated carbocycles. The van der Waals surface area contributed by atoms with Crippen molar-refractivity contribution in [3.63, 3.8) is 0 Å². The first kappa shape index (κ1) is 15.9. The summed E-state index contributed by atoms with van der Waals surface area (Å²) in [5, 5.41) is 10.9. The Balaban J connectivity index is 2.78. The summed E-state index contributed by atoms with van der Waals surface area (Å²) in [5.41, 5.74) is -0.269. The molecule has 0 N–H and O–H groups in total. The van der Waals surface area contributed by atoms with Crippen LogP contribution >= 0.6 is 0 Å². The highest BCUT2D eigenvalue weighted by Gasteiger charge is 2.20. The number of esters is 1. The summed E-state index contributed by atoms with van der Waals surface area (Å²) in [4.78, 5) is 25.5. The maximum absolute atomic E-state index is 11.4. The maximum atomic E-state index is 11.4. The Kier molecular flexibility index (Phi) is 6.42. The lowest BCUT2D eigenvalue weighted by Crippen LogP contribution is -2.08. The molecule has 0 aliphatic carbocycles. The summed E-state index contributed by atoms with van der Waals surface area (Å²) in [5.74, 6) is -0.801. The van der Waals surface area contributed by atoms with Crippen molar-refractivity contribution in [2.24, 2.45) is 0 Å². The average Bonchev–Trinajstić information content (AvgIpc) is 2.45. The second-order valence-electron chi connectivity index (χ2n) is 4.18. The number of methoxy groups -OCH3 is 1. The van der Waals surface area contributed by atoms with Crippen LogP contribution in [0.2, 0.25) is 0 Å². The van der Waals surface area contributed by atoms with Gasteiger partial charge >= 0.3 is 11.7 Å². The van der Waals surface area contributed by atoms with Gasteiger partial charge in [-0.25, -0.2) is 9.78 Å². The minimum atomic E-state index is -0.657. The van der Waals surface area contributed by atoms with Crippen molar-refractivity contribution in [1.82, 2.24) is 4.98 Å². The number of nitrogens with zero attached hydrogens (tertiary/aromatic N) is 2. The molecule has 0 aliphatic heterocycles. The van der Waals surface area contributed by atoms with Gasteiger partial charge in [0.25, 0.3) is 5.88 Å². The molecule has 0 spiro atoms. The summed E-state index contributed by atoms with van der Waals surface area (Å²) >= 11 is 0. The fourth-order valence-electron chi connectivity index (χ4n) is 1.59. The largest absolute Gasteiger partial charge is 0.473 e. The van der Waals surface area contributed by atoms with E-state index in [1.807, 2.05) is 0 Å². The molecule has 1 heterocycles. The SMILES string of the molecule is CCCCCCOc1nc(C(=O)OC)ccc1[N+](=O)[O-]. The van der Waals surface area contributed by atoms with E-state index in [4.69, 9.17) is 4.74 Å². The number of rotatable bonds is 8. The van der Waals surface area contributed by atoms with Crippen LogP contribution in [0.3, 0.4) is 0 Å². The van der Waals surface area contributed by atoms with Gasteiger partial charge in [-0.1, -0.05) is 26.2 Å². The molecule has 20 heavy (non-hydrogen) atoms. The highest BCUT2D eigenvalue weighted by Crippen LogP contribution is 2.25. The lowest BCUT2D eigenvalue weighted by Gasteiger charge is -2.07. The number of aromatic nitrogens is 1. The van der Waals surface area contributed by atoms with Crippen LogP contribution in [0.25, 0.3) is 0 Å². The third-order valence-corrected chi connectivity index (χ3v) is 2.67. The van der Waals surface area contributed by atoms with Crippen molar-refractivity contribution in [2.45, 2.75) is 32.6 Å². The number of carbonyl (C=O) groups excluding carboxylic acids is 1. The van der Waals surface area contributed by atoms with Gasteiger partial charge in [0.15, 0.2) is 5.69 Å². The Labute approximate surface area is 117 Å². The van der Waals surface area contributed by atoms with Crippen LogP contribution in [0.15, 0.2) is 12.1 Å². The zero-order chi connectivity index (χ0) is 15.0. The fourth-order valence-corrected chi connectivity index (χ4v) is 1.59. The van der Waals surface area contributed by atoms with E-state index in [1.165, 1.54) is 19.2 Å². The van der Waals surface area contributed by atoms with Gasteiger partial charge in [0.05, 0.1) is 18.6 Å². The molecule has 1 aromatic rings. The van der Waals surface area contributed by atoms with Crippen molar-refractivity contribution in [1.29, 1.82) is 0 Å². The monoisotopic (exact) mass is 282 g/mol. The molecule has 0 bridgehead atoms. The molecule has 0 amide bonds. The van der Waals surface area contributed by atoms with Crippen molar-refractivity contribution in [2.75, 3.05) is 13.7 Å². The van der Waals surface area contributed by atoms with Gasteiger partial charge in [-0.3, -0.25) is 10.1 Å². The molecule has 1 rings (SSSR count). The van der Waals surface area contributed by atoms with E-state index >= 15 is 0 Å². The van der Waals surface area contributed by atoms with Gasteiger partial charge in [-0.05, 0) is 12.5 Å². The Morgan fingerprint density at radius 3 is 2.70 bits per heavy atom. The minimum Gasteiger partial charge on any atom is -0.473 e. The van der Waals surface area contributed by atoms with Crippen LogP contribution in [0, 0.1) is 10.1 Å². The number of hydrogen-bond donors (Lipinski definition) is 0. The zero-order valence-electron chi connectivity index (χ0n) is 11.6. The number of pyridine rings is 1. The van der Waals surface area contributed by atoms with Crippen LogP contribution in [-0.2, 0) is 4.74 Å². The summed E-state index contributed by atoms with van der Waals surface area (Å²) in [6, 6.07) is 2.44. The average molecular weight is 282 g/mol. The first-order valence-electron chi connectivity index (χ1n) is 6.46. The molecular weight excluding hydrogens is 264 g/mol. The Bertz CT molecular complexity index is 476. The van der Waals surface area contributed by atoms with E-state index < -0.39 is 10.9 Å².